The van der Waals surface area contributed by atoms with Crippen molar-refractivity contribution in [2.24, 2.45) is 0 Å². The van der Waals surface area contributed by atoms with Crippen molar-refractivity contribution in [2.75, 3.05) is 13.2 Å². The van der Waals surface area contributed by atoms with Crippen LogP contribution in [-0.2, 0) is 10.2 Å². The van der Waals surface area contributed by atoms with E-state index in [-0.39, 0.29) is 12.0 Å². The summed E-state index contributed by atoms with van der Waals surface area (Å²) in [5.41, 5.74) is 6.26. The minimum atomic E-state index is -0.491. The summed E-state index contributed by atoms with van der Waals surface area (Å²) in [7, 11) is 0. The third-order valence-corrected chi connectivity index (χ3v) is 5.86. The highest BCUT2D eigenvalue weighted by Gasteiger charge is 2.23. The summed E-state index contributed by atoms with van der Waals surface area (Å²) in [6.07, 6.45) is 0. The molecule has 0 spiro atoms. The molecule has 1 aromatic carbocycles. The second kappa shape index (κ2) is 9.52. The van der Waals surface area contributed by atoms with Gasteiger partial charge in [-0.25, -0.2) is 9.97 Å². The van der Waals surface area contributed by atoms with E-state index >= 15 is 0 Å². The lowest BCUT2D eigenvalue weighted by molar-refractivity contribution is -0.123. The molecule has 170 valence electrons. The fraction of sp³-hybridized carbons (Fsp3) is 0.391. The first kappa shape index (κ1) is 23.5. The summed E-state index contributed by atoms with van der Waals surface area (Å²) < 4.78 is 11.0. The van der Waals surface area contributed by atoms with E-state index in [1.165, 1.54) is 11.3 Å². The van der Waals surface area contributed by atoms with Crippen molar-refractivity contribution >= 4 is 33.4 Å². The Balaban J connectivity index is 1.66. The summed E-state index contributed by atoms with van der Waals surface area (Å²) in [5, 5.41) is 0.871. The van der Waals surface area contributed by atoms with Crippen LogP contribution >= 0.6 is 11.3 Å². The predicted molar refractivity (Wildman–Crippen MR) is 124 cm³/mol. The zero-order valence-electron chi connectivity index (χ0n) is 19.2. The van der Waals surface area contributed by atoms with Crippen LogP contribution in [0.15, 0.2) is 24.3 Å². The second-order valence-electron chi connectivity index (χ2n) is 8.29. The van der Waals surface area contributed by atoms with Crippen LogP contribution in [-0.4, -0.2) is 35.0 Å². The first-order valence-corrected chi connectivity index (χ1v) is 11.2. The van der Waals surface area contributed by atoms with E-state index < -0.39 is 11.8 Å². The van der Waals surface area contributed by atoms with Crippen molar-refractivity contribution in [3.8, 4) is 11.5 Å². The molecule has 32 heavy (non-hydrogen) atoms. The molecule has 8 nitrogen and oxygen atoms in total. The Morgan fingerprint density at radius 3 is 2.31 bits per heavy atom. The Morgan fingerprint density at radius 1 is 1.03 bits per heavy atom. The number of thiophene rings is 1. The number of aryl methyl sites for hydroxylation is 2. The standard InChI is InChI=1S/C23H28N4O4S/c1-7-30-15-10-8-9-11-16(15)31-12-17(28)26-27-20(29)19-13(2)18-14(3)24-22(23(4,5)6)25-21(18)32-19/h8-11H,7,12H2,1-6H3,(H,26,28)(H,27,29). The zero-order chi connectivity index (χ0) is 23.5. The van der Waals surface area contributed by atoms with E-state index in [2.05, 4.69) is 20.8 Å². The molecule has 0 bridgehead atoms. The summed E-state index contributed by atoms with van der Waals surface area (Å²) in [6, 6.07) is 7.09. The Hall–Kier alpha value is -3.20. The first-order valence-electron chi connectivity index (χ1n) is 10.3. The molecule has 0 aliphatic rings. The van der Waals surface area contributed by atoms with Gasteiger partial charge in [0.15, 0.2) is 18.1 Å². The topological polar surface area (TPSA) is 102 Å². The smallest absolute Gasteiger partial charge is 0.280 e. The molecule has 2 aromatic heterocycles. The van der Waals surface area contributed by atoms with Crippen LogP contribution in [0.1, 0.15) is 54.4 Å². The van der Waals surface area contributed by atoms with Gasteiger partial charge in [0.25, 0.3) is 11.8 Å². The van der Waals surface area contributed by atoms with Crippen LogP contribution in [0.4, 0.5) is 0 Å². The normalized spacial score (nSPS) is 11.3. The third kappa shape index (κ3) is 5.16. The number of aromatic nitrogens is 2. The largest absolute Gasteiger partial charge is 0.490 e. The number of carbonyl (C=O) groups excluding carboxylic acids is 2. The van der Waals surface area contributed by atoms with Gasteiger partial charge < -0.3 is 9.47 Å². The maximum absolute atomic E-state index is 12.7. The van der Waals surface area contributed by atoms with Gasteiger partial charge in [-0.1, -0.05) is 32.9 Å². The van der Waals surface area contributed by atoms with Gasteiger partial charge in [0.05, 0.1) is 17.2 Å². The summed E-state index contributed by atoms with van der Waals surface area (Å²) in [6.45, 7) is 12.0. The number of benzene rings is 1. The summed E-state index contributed by atoms with van der Waals surface area (Å²) in [4.78, 5) is 35.4. The minimum Gasteiger partial charge on any atom is -0.490 e. The molecule has 2 heterocycles. The lowest BCUT2D eigenvalue weighted by Crippen LogP contribution is -2.43. The van der Waals surface area contributed by atoms with Crippen LogP contribution in [0.25, 0.3) is 10.2 Å². The number of carbonyl (C=O) groups is 2. The average molecular weight is 457 g/mol. The number of hydrogen-bond acceptors (Lipinski definition) is 7. The molecule has 0 saturated heterocycles. The van der Waals surface area contributed by atoms with Crippen molar-refractivity contribution in [1.82, 2.24) is 20.8 Å². The summed E-state index contributed by atoms with van der Waals surface area (Å²) in [5.74, 6) is 0.840. The number of nitrogens with zero attached hydrogens (tertiary/aromatic N) is 2. The van der Waals surface area contributed by atoms with Crippen LogP contribution < -0.4 is 20.3 Å². The predicted octanol–water partition coefficient (Wildman–Crippen LogP) is 3.84. The highest BCUT2D eigenvalue weighted by atomic mass is 32.1. The molecule has 3 rings (SSSR count). The van der Waals surface area contributed by atoms with Crippen LogP contribution in [0.2, 0.25) is 0 Å². The molecular weight excluding hydrogens is 428 g/mol. The van der Waals surface area contributed by atoms with Gasteiger partial charge in [-0.3, -0.25) is 20.4 Å². The van der Waals surface area contributed by atoms with Crippen LogP contribution in [0.3, 0.4) is 0 Å². The van der Waals surface area contributed by atoms with Crippen molar-refractivity contribution in [2.45, 2.75) is 47.0 Å². The molecule has 0 aliphatic carbocycles. The van der Waals surface area contributed by atoms with Crippen LogP contribution in [0.5, 0.6) is 11.5 Å². The lowest BCUT2D eigenvalue weighted by Gasteiger charge is -2.16. The van der Waals surface area contributed by atoms with Gasteiger partial charge >= 0.3 is 0 Å². The van der Waals surface area contributed by atoms with Gasteiger partial charge in [-0.15, -0.1) is 11.3 Å². The minimum absolute atomic E-state index is 0.200. The quantitative estimate of drug-likeness (QED) is 0.547. The molecule has 9 heteroatoms. The van der Waals surface area contributed by atoms with Gasteiger partial charge in [-0.2, -0.15) is 0 Å². The number of fused-ring (bicyclic) bond motifs is 1. The Bertz CT molecular complexity index is 1150. The van der Waals surface area contributed by atoms with Gasteiger partial charge in [0.2, 0.25) is 0 Å². The van der Waals surface area contributed by atoms with Gasteiger partial charge in [0.1, 0.15) is 10.7 Å². The Morgan fingerprint density at radius 2 is 1.69 bits per heavy atom. The molecule has 0 aliphatic heterocycles. The number of hydrogen-bond donors (Lipinski definition) is 2. The van der Waals surface area contributed by atoms with E-state index in [9.17, 15) is 9.59 Å². The van der Waals surface area contributed by atoms with E-state index in [4.69, 9.17) is 9.47 Å². The maximum Gasteiger partial charge on any atom is 0.280 e. The fourth-order valence-corrected chi connectivity index (χ4v) is 4.22. The molecule has 3 aromatic rings. The Kier molecular flexibility index (Phi) is 6.98. The van der Waals surface area contributed by atoms with Crippen molar-refractivity contribution in [3.05, 3.63) is 46.2 Å². The van der Waals surface area contributed by atoms with Gasteiger partial charge in [-0.05, 0) is 38.5 Å². The monoisotopic (exact) mass is 456 g/mol. The number of para-hydroxylation sites is 2. The van der Waals surface area contributed by atoms with Crippen molar-refractivity contribution in [3.63, 3.8) is 0 Å². The zero-order valence-corrected chi connectivity index (χ0v) is 20.0. The highest BCUT2D eigenvalue weighted by molar-refractivity contribution is 7.20. The van der Waals surface area contributed by atoms with E-state index in [0.717, 1.165) is 27.3 Å². The molecule has 2 amide bonds. The number of ether oxygens (including phenoxy) is 2. The van der Waals surface area contributed by atoms with E-state index in [1.54, 1.807) is 18.2 Å². The van der Waals surface area contributed by atoms with Crippen LogP contribution in [0, 0.1) is 13.8 Å². The SMILES string of the molecule is CCOc1ccccc1OCC(=O)NNC(=O)c1sc2nc(C(C)(C)C)nc(C)c2c1C. The Labute approximate surface area is 191 Å². The van der Waals surface area contributed by atoms with Gasteiger partial charge in [0, 0.05) is 10.8 Å². The van der Waals surface area contributed by atoms with Crippen molar-refractivity contribution in [1.29, 1.82) is 0 Å². The first-order chi connectivity index (χ1) is 15.1. The molecule has 0 atom stereocenters. The van der Waals surface area contributed by atoms with E-state index in [1.807, 2.05) is 47.6 Å². The molecule has 2 N–H and O–H groups in total. The summed E-state index contributed by atoms with van der Waals surface area (Å²) >= 11 is 1.28. The van der Waals surface area contributed by atoms with E-state index in [0.29, 0.717) is 23.0 Å². The maximum atomic E-state index is 12.7. The number of hydrazine groups is 1. The molecule has 0 fully saturated rings. The number of amides is 2. The third-order valence-electron chi connectivity index (χ3n) is 4.67. The van der Waals surface area contributed by atoms with Crippen molar-refractivity contribution < 1.29 is 19.1 Å². The second-order valence-corrected chi connectivity index (χ2v) is 9.29. The number of rotatable bonds is 6. The lowest BCUT2D eigenvalue weighted by atomic mass is 9.95. The molecule has 0 radical (unpaired) electrons. The fourth-order valence-electron chi connectivity index (χ4n) is 3.10. The molecule has 0 unspecified atom stereocenters. The number of nitrogens with one attached hydrogen (secondary N) is 2. The molecule has 0 saturated carbocycles. The average Bonchev–Trinajstić information content (AvgIpc) is 3.08. The highest BCUT2D eigenvalue weighted by Crippen LogP contribution is 2.33. The molecular formula is C23H28N4O4S.